The lowest BCUT2D eigenvalue weighted by Crippen LogP contribution is -2.21. The highest BCUT2D eigenvalue weighted by atomic mass is 16.5. The number of aromatic nitrogens is 3. The molecule has 2 aromatic carbocycles. The molecule has 2 aromatic heterocycles. The summed E-state index contributed by atoms with van der Waals surface area (Å²) < 4.78 is 18.2. The fraction of sp³-hybridized carbons (Fsp3) is 0.231. The molecule has 0 saturated carbocycles. The molecule has 36 heavy (non-hydrogen) atoms. The fourth-order valence-corrected chi connectivity index (χ4v) is 3.85. The van der Waals surface area contributed by atoms with Crippen molar-refractivity contribution in [2.24, 2.45) is 7.05 Å². The summed E-state index contributed by atoms with van der Waals surface area (Å²) in [6.45, 7) is 3.58. The Kier molecular flexibility index (Phi) is 7.05. The summed E-state index contributed by atoms with van der Waals surface area (Å²) >= 11 is 0. The quantitative estimate of drug-likeness (QED) is 0.386. The number of amides is 2. The first-order valence-electron chi connectivity index (χ1n) is 11.2. The lowest BCUT2D eigenvalue weighted by atomic mass is 10.2. The van der Waals surface area contributed by atoms with E-state index in [4.69, 9.17) is 14.2 Å². The van der Waals surface area contributed by atoms with Gasteiger partial charge in [-0.15, -0.1) is 5.10 Å². The summed E-state index contributed by atoms with van der Waals surface area (Å²) in [5.74, 6) is 0.295. The monoisotopic (exact) mass is 489 g/mol. The number of nitrogens with zero attached hydrogens (tertiary/aromatic N) is 3. The highest BCUT2D eigenvalue weighted by molar-refractivity contribution is 6.05. The molecular weight excluding hydrogens is 462 g/mol. The van der Waals surface area contributed by atoms with Crippen LogP contribution in [0.4, 0.5) is 11.4 Å². The molecule has 0 spiro atoms. The van der Waals surface area contributed by atoms with Crippen LogP contribution >= 0.6 is 0 Å². The topological polar surface area (TPSA) is 117 Å². The number of carbonyl (C=O) groups is 2. The summed E-state index contributed by atoms with van der Waals surface area (Å²) in [5.41, 5.74) is 3.77. The molecule has 0 fully saturated rings. The molecule has 186 valence electrons. The Hall–Kier alpha value is -4.60. The van der Waals surface area contributed by atoms with Gasteiger partial charge in [-0.25, -0.2) is 9.67 Å². The number of hydrogen-bond acceptors (Lipinski definition) is 7. The Morgan fingerprint density at radius 2 is 1.58 bits per heavy atom. The molecule has 10 nitrogen and oxygen atoms in total. The zero-order valence-corrected chi connectivity index (χ0v) is 20.7. The number of benzene rings is 2. The van der Waals surface area contributed by atoms with E-state index in [1.54, 1.807) is 48.1 Å². The minimum absolute atomic E-state index is 0.280. The van der Waals surface area contributed by atoms with Crippen molar-refractivity contribution >= 4 is 34.2 Å². The first kappa shape index (κ1) is 24.5. The molecule has 0 aliphatic carbocycles. The van der Waals surface area contributed by atoms with Crippen molar-refractivity contribution in [2.75, 3.05) is 31.5 Å². The molecule has 0 unspecified atom stereocenters. The van der Waals surface area contributed by atoms with Gasteiger partial charge in [-0.1, -0.05) is 18.2 Å². The zero-order chi connectivity index (χ0) is 25.8. The van der Waals surface area contributed by atoms with Crippen LogP contribution in [-0.2, 0) is 11.8 Å². The van der Waals surface area contributed by atoms with Crippen LogP contribution in [0.5, 0.6) is 17.4 Å². The predicted molar refractivity (Wildman–Crippen MR) is 136 cm³/mol. The lowest BCUT2D eigenvalue weighted by Gasteiger charge is -2.16. The van der Waals surface area contributed by atoms with Crippen molar-refractivity contribution in [3.05, 3.63) is 65.4 Å². The van der Waals surface area contributed by atoms with Crippen LogP contribution in [-0.4, -0.2) is 47.4 Å². The second kappa shape index (κ2) is 10.3. The molecule has 2 amide bonds. The Labute approximate surface area is 208 Å². The number of ether oxygens (including phenoxy) is 3. The van der Waals surface area contributed by atoms with Gasteiger partial charge in [-0.05, 0) is 37.6 Å². The number of hydrogen-bond donors (Lipinski definition) is 2. The second-order valence-electron chi connectivity index (χ2n) is 8.12. The van der Waals surface area contributed by atoms with Gasteiger partial charge >= 0.3 is 0 Å². The SMILES string of the molecule is COc1cc(NC(=O)c2ccccc2)c(OC)cc1NC(=O)COc1nn(C)c2nc(C)cc(C)c12. The lowest BCUT2D eigenvalue weighted by molar-refractivity contribution is -0.118. The maximum Gasteiger partial charge on any atom is 0.262 e. The fourth-order valence-electron chi connectivity index (χ4n) is 3.85. The normalized spacial score (nSPS) is 10.7. The van der Waals surface area contributed by atoms with Crippen LogP contribution in [0.15, 0.2) is 48.5 Å². The molecule has 10 heteroatoms. The summed E-state index contributed by atoms with van der Waals surface area (Å²) in [6, 6.07) is 13.9. The van der Waals surface area contributed by atoms with E-state index in [1.165, 1.54) is 14.2 Å². The predicted octanol–water partition coefficient (Wildman–Crippen LogP) is 3.87. The summed E-state index contributed by atoms with van der Waals surface area (Å²) in [6.07, 6.45) is 0. The van der Waals surface area contributed by atoms with E-state index in [-0.39, 0.29) is 12.5 Å². The van der Waals surface area contributed by atoms with Gasteiger partial charge in [0.05, 0.1) is 31.0 Å². The number of pyridine rings is 1. The number of carbonyl (C=O) groups excluding carboxylic acids is 2. The van der Waals surface area contributed by atoms with Gasteiger partial charge in [0, 0.05) is 30.4 Å². The minimum Gasteiger partial charge on any atom is -0.494 e. The van der Waals surface area contributed by atoms with Gasteiger partial charge in [0.2, 0.25) is 5.88 Å². The van der Waals surface area contributed by atoms with Crippen molar-refractivity contribution < 1.29 is 23.8 Å². The van der Waals surface area contributed by atoms with Crippen molar-refractivity contribution in [3.8, 4) is 17.4 Å². The number of methoxy groups -OCH3 is 2. The Bertz CT molecular complexity index is 1430. The van der Waals surface area contributed by atoms with Crippen LogP contribution in [0.3, 0.4) is 0 Å². The van der Waals surface area contributed by atoms with Gasteiger partial charge in [0.25, 0.3) is 11.8 Å². The highest BCUT2D eigenvalue weighted by Gasteiger charge is 2.18. The van der Waals surface area contributed by atoms with Crippen molar-refractivity contribution in [1.82, 2.24) is 14.8 Å². The largest absolute Gasteiger partial charge is 0.494 e. The Balaban J connectivity index is 1.50. The van der Waals surface area contributed by atoms with Crippen molar-refractivity contribution in [2.45, 2.75) is 13.8 Å². The average molecular weight is 490 g/mol. The number of aryl methyl sites for hydroxylation is 3. The van der Waals surface area contributed by atoms with E-state index < -0.39 is 5.91 Å². The standard InChI is InChI=1S/C26H27N5O5/c1-15-11-16(2)27-24-23(15)26(30-31(24)3)36-14-22(32)28-18-12-21(35-5)19(13-20(18)34-4)29-25(33)17-9-7-6-8-10-17/h6-13H,14H2,1-5H3,(H,28,32)(H,29,33). The zero-order valence-electron chi connectivity index (χ0n) is 20.7. The maximum absolute atomic E-state index is 12.7. The third-order valence-corrected chi connectivity index (χ3v) is 5.51. The van der Waals surface area contributed by atoms with Gasteiger partial charge in [0.15, 0.2) is 12.3 Å². The first-order chi connectivity index (χ1) is 17.3. The maximum atomic E-state index is 12.7. The highest BCUT2D eigenvalue weighted by Crippen LogP contribution is 2.37. The number of anilines is 2. The summed E-state index contributed by atoms with van der Waals surface area (Å²) in [4.78, 5) is 29.8. The van der Waals surface area contributed by atoms with E-state index in [0.717, 1.165) is 16.6 Å². The van der Waals surface area contributed by atoms with Crippen LogP contribution in [0.1, 0.15) is 21.6 Å². The molecular formula is C26H27N5O5. The molecule has 4 rings (SSSR count). The molecule has 0 radical (unpaired) electrons. The third kappa shape index (κ3) is 5.07. The Morgan fingerprint density at radius 1 is 0.944 bits per heavy atom. The molecule has 0 saturated heterocycles. The van der Waals surface area contributed by atoms with E-state index in [9.17, 15) is 9.59 Å². The van der Waals surface area contributed by atoms with Gasteiger partial charge in [-0.2, -0.15) is 0 Å². The minimum atomic E-state index is -0.423. The van der Waals surface area contributed by atoms with E-state index in [0.29, 0.717) is 40.0 Å². The van der Waals surface area contributed by atoms with Gasteiger partial charge in [0.1, 0.15) is 11.5 Å². The number of fused-ring (bicyclic) bond motifs is 1. The summed E-state index contributed by atoms with van der Waals surface area (Å²) in [7, 11) is 4.71. The first-order valence-corrected chi connectivity index (χ1v) is 11.2. The van der Waals surface area contributed by atoms with Crippen molar-refractivity contribution in [3.63, 3.8) is 0 Å². The van der Waals surface area contributed by atoms with E-state index in [1.807, 2.05) is 26.0 Å². The van der Waals surface area contributed by atoms with Crippen LogP contribution in [0, 0.1) is 13.8 Å². The Morgan fingerprint density at radius 3 is 2.22 bits per heavy atom. The molecule has 0 atom stereocenters. The van der Waals surface area contributed by atoms with Crippen LogP contribution in [0.2, 0.25) is 0 Å². The second-order valence-corrected chi connectivity index (χ2v) is 8.12. The van der Waals surface area contributed by atoms with Crippen LogP contribution in [0.25, 0.3) is 11.0 Å². The van der Waals surface area contributed by atoms with Gasteiger partial charge < -0.3 is 24.8 Å². The smallest absolute Gasteiger partial charge is 0.262 e. The van der Waals surface area contributed by atoms with E-state index >= 15 is 0 Å². The summed E-state index contributed by atoms with van der Waals surface area (Å²) in [5, 5.41) is 10.7. The molecule has 2 heterocycles. The molecule has 0 aliphatic heterocycles. The van der Waals surface area contributed by atoms with Crippen molar-refractivity contribution in [1.29, 1.82) is 0 Å². The molecule has 4 aromatic rings. The molecule has 0 bridgehead atoms. The van der Waals surface area contributed by atoms with Gasteiger partial charge in [-0.3, -0.25) is 9.59 Å². The number of nitrogens with one attached hydrogen (secondary N) is 2. The molecule has 0 aliphatic rings. The third-order valence-electron chi connectivity index (χ3n) is 5.51. The molecule has 2 N–H and O–H groups in total. The van der Waals surface area contributed by atoms with E-state index in [2.05, 4.69) is 20.7 Å². The number of rotatable bonds is 8. The van der Waals surface area contributed by atoms with Crippen LogP contribution < -0.4 is 24.8 Å². The average Bonchev–Trinajstić information content (AvgIpc) is 3.19.